The number of hydrogen-bond acceptors (Lipinski definition) is 6. The van der Waals surface area contributed by atoms with E-state index in [1.165, 1.54) is 11.8 Å². The van der Waals surface area contributed by atoms with E-state index >= 15 is 0 Å². The lowest BCUT2D eigenvalue weighted by molar-refractivity contribution is -0.130. The maximum Gasteiger partial charge on any atom is 0.232 e. The number of amides is 1. The van der Waals surface area contributed by atoms with Crippen LogP contribution in [0, 0.1) is 11.3 Å². The maximum absolute atomic E-state index is 12.4. The zero-order valence-corrected chi connectivity index (χ0v) is 18.1. The molecule has 0 spiro atoms. The highest BCUT2D eigenvalue weighted by atomic mass is 79.9. The molecule has 0 bridgehead atoms. The maximum atomic E-state index is 12.4. The molecule has 6 nitrogen and oxygen atoms in total. The summed E-state index contributed by atoms with van der Waals surface area (Å²) in [7, 11) is -2.90. The predicted molar refractivity (Wildman–Crippen MR) is 110 cm³/mol. The van der Waals surface area contributed by atoms with Crippen molar-refractivity contribution >= 4 is 43.4 Å². The predicted octanol–water partition coefficient (Wildman–Crippen LogP) is 2.08. The molecule has 2 aliphatic heterocycles. The third-order valence-corrected chi connectivity index (χ3v) is 8.77. The second kappa shape index (κ2) is 8.95. The second-order valence-corrected chi connectivity index (χ2v) is 11.3. The Bertz CT molecular complexity index is 815. The SMILES string of the molecule is N#C[C@@H](c1ccc(Br)cc1)N1CCN(C(=O)CS[C@@H]2CCS(=O)(=O)C2)CC1. The van der Waals surface area contributed by atoms with Crippen molar-refractivity contribution in [1.82, 2.24) is 9.80 Å². The normalized spacial score (nSPS) is 23.7. The summed E-state index contributed by atoms with van der Waals surface area (Å²) in [6.45, 7) is 2.50. The molecule has 3 rings (SSSR count). The smallest absolute Gasteiger partial charge is 0.232 e. The number of nitriles is 1. The monoisotopic (exact) mass is 471 g/mol. The Morgan fingerprint density at radius 2 is 1.93 bits per heavy atom. The molecule has 0 saturated carbocycles. The van der Waals surface area contributed by atoms with Gasteiger partial charge in [0, 0.05) is 35.9 Å². The number of thioether (sulfide) groups is 1. The van der Waals surface area contributed by atoms with E-state index < -0.39 is 9.84 Å². The summed E-state index contributed by atoms with van der Waals surface area (Å²) in [6, 6.07) is 9.81. The number of piperazine rings is 1. The van der Waals surface area contributed by atoms with Crippen molar-refractivity contribution < 1.29 is 13.2 Å². The minimum atomic E-state index is -2.90. The number of carbonyl (C=O) groups excluding carboxylic acids is 1. The van der Waals surface area contributed by atoms with Crippen LogP contribution in [0.25, 0.3) is 0 Å². The lowest BCUT2D eigenvalue weighted by atomic mass is 10.1. The summed E-state index contributed by atoms with van der Waals surface area (Å²) in [5.41, 5.74) is 0.957. The van der Waals surface area contributed by atoms with Gasteiger partial charge >= 0.3 is 0 Å². The topological polar surface area (TPSA) is 81.5 Å². The number of hydrogen-bond donors (Lipinski definition) is 0. The summed E-state index contributed by atoms with van der Waals surface area (Å²) in [5, 5.41) is 9.63. The van der Waals surface area contributed by atoms with Crippen molar-refractivity contribution in [2.24, 2.45) is 0 Å². The van der Waals surface area contributed by atoms with Crippen LogP contribution in [0.15, 0.2) is 28.7 Å². The van der Waals surface area contributed by atoms with Gasteiger partial charge in [-0.05, 0) is 24.1 Å². The average Bonchev–Trinajstić information content (AvgIpc) is 3.01. The third-order valence-electron chi connectivity index (χ3n) is 4.97. The Balaban J connectivity index is 1.48. The lowest BCUT2D eigenvalue weighted by Gasteiger charge is -2.37. The molecular formula is C18H22BrN3O3S2. The zero-order chi connectivity index (χ0) is 19.4. The van der Waals surface area contributed by atoms with Gasteiger partial charge in [-0.25, -0.2) is 8.42 Å². The van der Waals surface area contributed by atoms with Crippen LogP contribution >= 0.6 is 27.7 Å². The van der Waals surface area contributed by atoms with Gasteiger partial charge in [-0.2, -0.15) is 5.26 Å². The number of benzene rings is 1. The first-order valence-electron chi connectivity index (χ1n) is 8.87. The molecule has 1 amide bonds. The van der Waals surface area contributed by atoms with E-state index in [1.54, 1.807) is 0 Å². The number of nitrogens with zero attached hydrogens (tertiary/aromatic N) is 3. The molecule has 2 saturated heterocycles. The summed E-state index contributed by atoms with van der Waals surface area (Å²) in [4.78, 5) is 16.4. The van der Waals surface area contributed by atoms with Crippen molar-refractivity contribution in [3.05, 3.63) is 34.3 Å². The first kappa shape index (κ1) is 20.6. The van der Waals surface area contributed by atoms with Gasteiger partial charge in [0.25, 0.3) is 0 Å². The highest BCUT2D eigenvalue weighted by molar-refractivity contribution is 9.10. The van der Waals surface area contributed by atoms with E-state index in [-0.39, 0.29) is 28.7 Å². The van der Waals surface area contributed by atoms with Gasteiger partial charge in [-0.3, -0.25) is 9.69 Å². The van der Waals surface area contributed by atoms with Gasteiger partial charge in [-0.1, -0.05) is 28.1 Å². The number of carbonyl (C=O) groups is 1. The Morgan fingerprint density at radius 3 is 2.48 bits per heavy atom. The molecule has 2 heterocycles. The van der Waals surface area contributed by atoms with Crippen molar-refractivity contribution in [1.29, 1.82) is 5.26 Å². The van der Waals surface area contributed by atoms with Crippen LogP contribution in [0.1, 0.15) is 18.0 Å². The van der Waals surface area contributed by atoms with Crippen molar-refractivity contribution in [2.75, 3.05) is 43.4 Å². The van der Waals surface area contributed by atoms with Crippen LogP contribution in [-0.4, -0.2) is 72.8 Å². The Kier molecular flexibility index (Phi) is 6.84. The molecule has 0 N–H and O–H groups in total. The van der Waals surface area contributed by atoms with E-state index in [9.17, 15) is 18.5 Å². The van der Waals surface area contributed by atoms with E-state index in [2.05, 4.69) is 26.9 Å². The van der Waals surface area contributed by atoms with E-state index in [4.69, 9.17) is 0 Å². The van der Waals surface area contributed by atoms with Gasteiger partial charge in [0.05, 0.1) is 23.3 Å². The first-order valence-corrected chi connectivity index (χ1v) is 12.5. The number of rotatable bonds is 5. The summed E-state index contributed by atoms with van der Waals surface area (Å²) >= 11 is 4.86. The fourth-order valence-electron chi connectivity index (χ4n) is 3.41. The number of halogens is 1. The second-order valence-electron chi connectivity index (χ2n) is 6.84. The zero-order valence-electron chi connectivity index (χ0n) is 14.9. The minimum absolute atomic E-state index is 0.0422. The molecule has 2 aliphatic rings. The molecular weight excluding hydrogens is 450 g/mol. The summed E-state index contributed by atoms with van der Waals surface area (Å²) < 4.78 is 24.0. The molecule has 146 valence electrons. The van der Waals surface area contributed by atoms with E-state index in [0.29, 0.717) is 38.4 Å². The van der Waals surface area contributed by atoms with Crippen LogP contribution < -0.4 is 0 Å². The Hall–Kier alpha value is -1.08. The Morgan fingerprint density at radius 1 is 1.26 bits per heavy atom. The molecule has 0 aromatic heterocycles. The molecule has 2 fully saturated rings. The molecule has 0 unspecified atom stereocenters. The van der Waals surface area contributed by atoms with Crippen molar-refractivity contribution in [2.45, 2.75) is 17.7 Å². The molecule has 1 aromatic carbocycles. The fraction of sp³-hybridized carbons (Fsp3) is 0.556. The van der Waals surface area contributed by atoms with E-state index in [0.717, 1.165) is 10.0 Å². The van der Waals surface area contributed by atoms with Gasteiger partial charge in [-0.15, -0.1) is 11.8 Å². The molecule has 0 radical (unpaired) electrons. The highest BCUT2D eigenvalue weighted by Gasteiger charge is 2.30. The quantitative estimate of drug-likeness (QED) is 0.653. The standard InChI is InChI=1S/C18H22BrN3O3S2/c19-15-3-1-14(2-4-15)17(11-20)21-6-8-22(9-7-21)18(23)12-26-16-5-10-27(24,25)13-16/h1-4,16-17H,5-10,12-13H2/t16-,17+/m1/s1. The number of sulfone groups is 1. The Labute approximate surface area is 172 Å². The lowest BCUT2D eigenvalue weighted by Crippen LogP contribution is -2.50. The summed E-state index contributed by atoms with van der Waals surface area (Å²) in [6.07, 6.45) is 0.644. The molecule has 27 heavy (non-hydrogen) atoms. The third kappa shape index (κ3) is 5.47. The van der Waals surface area contributed by atoms with Crippen LogP contribution in [0.3, 0.4) is 0 Å². The van der Waals surface area contributed by atoms with Crippen LogP contribution in [0.2, 0.25) is 0 Å². The van der Waals surface area contributed by atoms with Gasteiger partial charge in [0.2, 0.25) is 5.91 Å². The van der Waals surface area contributed by atoms with Gasteiger partial charge in [0.15, 0.2) is 9.84 Å². The first-order chi connectivity index (χ1) is 12.9. The van der Waals surface area contributed by atoms with E-state index in [1.807, 2.05) is 29.2 Å². The summed E-state index contributed by atoms with van der Waals surface area (Å²) in [5.74, 6) is 0.814. The van der Waals surface area contributed by atoms with Gasteiger partial charge in [0.1, 0.15) is 6.04 Å². The molecule has 0 aliphatic carbocycles. The van der Waals surface area contributed by atoms with Crippen LogP contribution in [-0.2, 0) is 14.6 Å². The minimum Gasteiger partial charge on any atom is -0.339 e. The van der Waals surface area contributed by atoms with Crippen LogP contribution in [0.5, 0.6) is 0 Å². The largest absolute Gasteiger partial charge is 0.339 e. The van der Waals surface area contributed by atoms with Crippen LogP contribution in [0.4, 0.5) is 0 Å². The molecule has 9 heteroatoms. The van der Waals surface area contributed by atoms with Crippen molar-refractivity contribution in [3.8, 4) is 6.07 Å². The highest BCUT2D eigenvalue weighted by Crippen LogP contribution is 2.26. The van der Waals surface area contributed by atoms with Gasteiger partial charge < -0.3 is 4.90 Å². The van der Waals surface area contributed by atoms with Crippen molar-refractivity contribution in [3.63, 3.8) is 0 Å². The molecule has 1 aromatic rings. The average molecular weight is 472 g/mol. The fourth-order valence-corrected chi connectivity index (χ4v) is 7.22. The molecule has 2 atom stereocenters.